The van der Waals surface area contributed by atoms with E-state index < -0.39 is 0 Å². The molecule has 8 nitrogen and oxygen atoms in total. The molecule has 9 heteroatoms. The summed E-state index contributed by atoms with van der Waals surface area (Å²) in [6.45, 7) is 2.47. The van der Waals surface area contributed by atoms with E-state index in [0.29, 0.717) is 29.4 Å². The van der Waals surface area contributed by atoms with Gasteiger partial charge < -0.3 is 33.9 Å². The maximum atomic E-state index is 12.8. The van der Waals surface area contributed by atoms with Gasteiger partial charge in [0.2, 0.25) is 0 Å². The fourth-order valence-corrected chi connectivity index (χ4v) is 3.48. The van der Waals surface area contributed by atoms with E-state index in [4.69, 9.17) is 23.7 Å². The third kappa shape index (κ3) is 5.89. The molecule has 32 heavy (non-hydrogen) atoms. The molecule has 176 valence electrons. The summed E-state index contributed by atoms with van der Waals surface area (Å²) in [7, 11) is 6.36. The minimum absolute atomic E-state index is 0. The molecule has 0 bridgehead atoms. The molecular formula is C23H31ClN2O6. The van der Waals surface area contributed by atoms with Crippen molar-refractivity contribution in [3.63, 3.8) is 0 Å². The molecule has 2 aromatic carbocycles. The summed E-state index contributed by atoms with van der Waals surface area (Å²) in [5, 5.41) is 3.42. The normalized spacial score (nSPS) is 12.4. The fourth-order valence-electron chi connectivity index (χ4n) is 3.48. The first-order chi connectivity index (χ1) is 15.1. The van der Waals surface area contributed by atoms with Crippen LogP contribution in [0.2, 0.25) is 0 Å². The highest BCUT2D eigenvalue weighted by atomic mass is 35.5. The van der Waals surface area contributed by atoms with Crippen LogP contribution in [0.1, 0.15) is 22.3 Å². The summed E-state index contributed by atoms with van der Waals surface area (Å²) in [6, 6.07) is 9.31. The second-order valence-corrected chi connectivity index (χ2v) is 7.09. The Morgan fingerprint density at radius 3 is 2.25 bits per heavy atom. The Labute approximate surface area is 195 Å². The maximum absolute atomic E-state index is 12.8. The number of hydrogen-bond acceptors (Lipinski definition) is 7. The zero-order valence-electron chi connectivity index (χ0n) is 18.9. The molecule has 0 unspecified atom stereocenters. The Morgan fingerprint density at radius 2 is 1.56 bits per heavy atom. The number of ether oxygens (including phenoxy) is 5. The van der Waals surface area contributed by atoms with Crippen LogP contribution in [0.15, 0.2) is 30.3 Å². The number of nitrogens with one attached hydrogen (secondary N) is 1. The molecule has 0 saturated heterocycles. The lowest BCUT2D eigenvalue weighted by Crippen LogP contribution is -2.40. The molecule has 0 saturated carbocycles. The molecular weight excluding hydrogens is 436 g/mol. The Morgan fingerprint density at radius 1 is 0.906 bits per heavy atom. The van der Waals surface area contributed by atoms with Crippen LogP contribution < -0.4 is 29.0 Å². The highest BCUT2D eigenvalue weighted by molar-refractivity contribution is 5.98. The Bertz CT molecular complexity index is 908. The number of benzene rings is 2. The number of hydrogen-bond donors (Lipinski definition) is 1. The van der Waals surface area contributed by atoms with Crippen LogP contribution in [0, 0.1) is 0 Å². The van der Waals surface area contributed by atoms with Crippen LogP contribution in [-0.4, -0.2) is 65.6 Å². The predicted octanol–water partition coefficient (Wildman–Crippen LogP) is 3.16. The van der Waals surface area contributed by atoms with Gasteiger partial charge in [-0.2, -0.15) is 0 Å². The molecule has 1 aliphatic rings. The van der Waals surface area contributed by atoms with Gasteiger partial charge in [-0.3, -0.25) is 4.79 Å². The van der Waals surface area contributed by atoms with Gasteiger partial charge >= 0.3 is 0 Å². The number of methoxy groups -OCH3 is 4. The van der Waals surface area contributed by atoms with Crippen LogP contribution >= 0.6 is 12.4 Å². The standard InChI is InChI=1S/C23H30N2O6.ClH/c1-27-18-7-6-16(12-20(18)28-2)8-10-24-9-5-11-25-15-31-19-14-22(30-4)21(29-3)13-17(19)23(25)26;/h6-7,12-14,24H,5,8-11,15H2,1-4H3;1H. The van der Waals surface area contributed by atoms with Crippen LogP contribution in [0.25, 0.3) is 0 Å². The largest absolute Gasteiger partial charge is 0.493 e. The Kier molecular flexibility index (Phi) is 9.74. The molecule has 0 radical (unpaired) electrons. The molecule has 0 atom stereocenters. The Hall–Kier alpha value is -2.84. The summed E-state index contributed by atoms with van der Waals surface area (Å²) in [6.07, 6.45) is 1.70. The van der Waals surface area contributed by atoms with Crippen molar-refractivity contribution in [3.8, 4) is 28.7 Å². The monoisotopic (exact) mass is 466 g/mol. The molecule has 1 aliphatic heterocycles. The molecule has 0 spiro atoms. The van der Waals surface area contributed by atoms with E-state index in [-0.39, 0.29) is 25.0 Å². The summed E-state index contributed by atoms with van der Waals surface area (Å²) < 4.78 is 26.9. The number of fused-ring (bicyclic) bond motifs is 1. The molecule has 0 aliphatic carbocycles. The van der Waals surface area contributed by atoms with Gasteiger partial charge in [0.1, 0.15) is 5.75 Å². The van der Waals surface area contributed by atoms with E-state index in [9.17, 15) is 4.79 Å². The molecule has 1 heterocycles. The lowest BCUT2D eigenvalue weighted by atomic mass is 10.1. The first kappa shape index (κ1) is 25.4. The number of carbonyl (C=O) groups is 1. The van der Waals surface area contributed by atoms with Gasteiger partial charge in [-0.05, 0) is 43.6 Å². The molecule has 1 N–H and O–H groups in total. The minimum atomic E-state index is -0.0625. The van der Waals surface area contributed by atoms with Gasteiger partial charge in [0.15, 0.2) is 29.7 Å². The van der Waals surface area contributed by atoms with E-state index >= 15 is 0 Å². The quantitative estimate of drug-likeness (QED) is 0.509. The molecule has 3 rings (SSSR count). The van der Waals surface area contributed by atoms with Crippen molar-refractivity contribution in [2.45, 2.75) is 12.8 Å². The highest BCUT2D eigenvalue weighted by Crippen LogP contribution is 2.37. The van der Waals surface area contributed by atoms with Crippen LogP contribution in [0.4, 0.5) is 0 Å². The summed E-state index contributed by atoms with van der Waals surface area (Å²) in [5.74, 6) is 2.97. The van der Waals surface area contributed by atoms with E-state index in [1.165, 1.54) is 5.56 Å². The van der Waals surface area contributed by atoms with Crippen molar-refractivity contribution < 1.29 is 28.5 Å². The second-order valence-electron chi connectivity index (χ2n) is 7.09. The van der Waals surface area contributed by atoms with Gasteiger partial charge in [0.25, 0.3) is 5.91 Å². The number of amides is 1. The number of halogens is 1. The van der Waals surface area contributed by atoms with Gasteiger partial charge in [0, 0.05) is 18.7 Å². The molecule has 2 aromatic rings. The van der Waals surface area contributed by atoms with Crippen molar-refractivity contribution in [1.29, 1.82) is 0 Å². The van der Waals surface area contributed by atoms with E-state index in [1.807, 2.05) is 18.2 Å². The van der Waals surface area contributed by atoms with E-state index in [1.54, 1.807) is 45.5 Å². The van der Waals surface area contributed by atoms with Crippen molar-refractivity contribution >= 4 is 18.3 Å². The zero-order valence-corrected chi connectivity index (χ0v) is 19.8. The summed E-state index contributed by atoms with van der Waals surface area (Å²) in [4.78, 5) is 14.5. The van der Waals surface area contributed by atoms with E-state index in [0.717, 1.165) is 37.4 Å². The average Bonchev–Trinajstić information content (AvgIpc) is 2.81. The van der Waals surface area contributed by atoms with Crippen LogP contribution in [0.3, 0.4) is 0 Å². The summed E-state index contributed by atoms with van der Waals surface area (Å²) >= 11 is 0. The second kappa shape index (κ2) is 12.3. The predicted molar refractivity (Wildman–Crippen MR) is 124 cm³/mol. The van der Waals surface area contributed by atoms with Gasteiger partial charge in [0.05, 0.1) is 34.0 Å². The smallest absolute Gasteiger partial charge is 0.260 e. The number of nitrogens with zero attached hydrogens (tertiary/aromatic N) is 1. The van der Waals surface area contributed by atoms with Gasteiger partial charge in [-0.1, -0.05) is 6.07 Å². The molecule has 0 aromatic heterocycles. The number of rotatable bonds is 11. The van der Waals surface area contributed by atoms with Crippen molar-refractivity contribution in [3.05, 3.63) is 41.5 Å². The zero-order chi connectivity index (χ0) is 22.2. The van der Waals surface area contributed by atoms with Crippen molar-refractivity contribution in [2.75, 3.05) is 54.8 Å². The topological polar surface area (TPSA) is 78.5 Å². The first-order valence-corrected chi connectivity index (χ1v) is 10.2. The van der Waals surface area contributed by atoms with Crippen LogP contribution in [-0.2, 0) is 6.42 Å². The minimum Gasteiger partial charge on any atom is -0.493 e. The average molecular weight is 467 g/mol. The fraction of sp³-hybridized carbons (Fsp3) is 0.435. The van der Waals surface area contributed by atoms with Gasteiger partial charge in [-0.25, -0.2) is 0 Å². The SMILES string of the molecule is COc1ccc(CCNCCCN2COc3cc(OC)c(OC)cc3C2=O)cc1OC.Cl. The third-order valence-electron chi connectivity index (χ3n) is 5.20. The molecule has 0 fully saturated rings. The number of carbonyl (C=O) groups excluding carboxylic acids is 1. The molecule has 1 amide bonds. The lowest BCUT2D eigenvalue weighted by molar-refractivity contribution is 0.0517. The van der Waals surface area contributed by atoms with Crippen molar-refractivity contribution in [2.24, 2.45) is 0 Å². The summed E-state index contributed by atoms with van der Waals surface area (Å²) in [5.41, 5.74) is 1.66. The third-order valence-corrected chi connectivity index (χ3v) is 5.20. The maximum Gasteiger partial charge on any atom is 0.260 e. The van der Waals surface area contributed by atoms with Gasteiger partial charge in [-0.15, -0.1) is 12.4 Å². The van der Waals surface area contributed by atoms with E-state index in [2.05, 4.69) is 5.32 Å². The highest BCUT2D eigenvalue weighted by Gasteiger charge is 2.27. The van der Waals surface area contributed by atoms with Crippen molar-refractivity contribution in [1.82, 2.24) is 10.2 Å². The Balaban J connectivity index is 0.00000363. The lowest BCUT2D eigenvalue weighted by Gasteiger charge is -2.29. The first-order valence-electron chi connectivity index (χ1n) is 10.2. The van der Waals surface area contributed by atoms with Crippen LogP contribution in [0.5, 0.6) is 28.7 Å².